The van der Waals surface area contributed by atoms with E-state index in [0.717, 1.165) is 30.2 Å². The highest BCUT2D eigenvalue weighted by molar-refractivity contribution is 6.39. The topological polar surface area (TPSA) is 142 Å². The van der Waals surface area contributed by atoms with Gasteiger partial charge in [-0.05, 0) is 29.8 Å². The molecule has 0 bridgehead atoms. The summed E-state index contributed by atoms with van der Waals surface area (Å²) in [5, 5.41) is 25.0. The number of barbiturate groups is 1. The van der Waals surface area contributed by atoms with Gasteiger partial charge in [-0.2, -0.15) is 0 Å². The predicted octanol–water partition coefficient (Wildman–Crippen LogP) is 1.34. The minimum atomic E-state index is -0.963. The van der Waals surface area contributed by atoms with Gasteiger partial charge in [-0.25, -0.2) is 9.69 Å². The average Bonchev–Trinajstić information content (AvgIpc) is 2.66. The van der Waals surface area contributed by atoms with Crippen molar-refractivity contribution in [1.29, 1.82) is 0 Å². The molecule has 0 unspecified atom stereocenters. The number of nitro benzene ring substituents is 1. The zero-order valence-electron chi connectivity index (χ0n) is 14.4. The van der Waals surface area contributed by atoms with E-state index in [1.807, 2.05) is 5.32 Å². The lowest BCUT2D eigenvalue weighted by molar-refractivity contribution is -0.398. The molecule has 3 rings (SSSR count). The molecule has 1 saturated heterocycles. The smallest absolute Gasteiger partial charge is 0.335 e. The van der Waals surface area contributed by atoms with Gasteiger partial charge < -0.3 is 9.84 Å². The van der Waals surface area contributed by atoms with E-state index in [2.05, 4.69) is 0 Å². The monoisotopic (exact) mass is 382 g/mol. The van der Waals surface area contributed by atoms with E-state index in [-0.39, 0.29) is 17.0 Å². The molecule has 10 nitrogen and oxygen atoms in total. The summed E-state index contributed by atoms with van der Waals surface area (Å²) in [6.45, 7) is 0. The number of carbonyl (C=O) groups is 3. The fourth-order valence-electron chi connectivity index (χ4n) is 2.61. The van der Waals surface area contributed by atoms with Crippen LogP contribution in [0.15, 0.2) is 48.0 Å². The second-order valence-electron chi connectivity index (χ2n) is 5.62. The van der Waals surface area contributed by atoms with E-state index >= 15 is 0 Å². The summed E-state index contributed by atoms with van der Waals surface area (Å²) in [5.74, 6) is -3.13. The number of para-hydroxylation sites is 1. The van der Waals surface area contributed by atoms with E-state index in [4.69, 9.17) is 4.74 Å². The Hall–Kier alpha value is -4.21. The predicted molar refractivity (Wildman–Crippen MR) is 94.5 cm³/mol. The Morgan fingerprint density at radius 2 is 1.82 bits per heavy atom. The van der Waals surface area contributed by atoms with Crippen LogP contribution in [-0.4, -0.2) is 29.9 Å². The summed E-state index contributed by atoms with van der Waals surface area (Å²) in [5.41, 5.74) is -0.949. The standard InChI is InChI=1S/C18H13N3O7/c1-28-14-9-10(8-13(15(14)22)21(26)27)7-12-16(23)19-18(25)20(17(12)24)11-5-3-2-4-6-11/h2-9,22H,1H3,(H,19,23,25)/p-1/b12-7+. The highest BCUT2D eigenvalue weighted by Crippen LogP contribution is 2.35. The molecular formula is C18H12N3O7-. The van der Waals surface area contributed by atoms with Crippen molar-refractivity contribution in [3.63, 3.8) is 0 Å². The molecule has 1 N–H and O–H groups in total. The average molecular weight is 382 g/mol. The second-order valence-corrected chi connectivity index (χ2v) is 5.62. The zero-order valence-corrected chi connectivity index (χ0v) is 14.4. The van der Waals surface area contributed by atoms with E-state index in [9.17, 15) is 29.6 Å². The van der Waals surface area contributed by atoms with Crippen molar-refractivity contribution < 1.29 is 29.2 Å². The van der Waals surface area contributed by atoms with Gasteiger partial charge in [0.25, 0.3) is 17.5 Å². The molecule has 4 amide bonds. The number of urea groups is 1. The summed E-state index contributed by atoms with van der Waals surface area (Å²) in [6, 6.07) is 9.07. The minimum absolute atomic E-state index is 0.0176. The van der Waals surface area contributed by atoms with E-state index in [1.54, 1.807) is 18.2 Å². The number of nitrogens with zero attached hydrogens (tertiary/aromatic N) is 2. The molecule has 0 spiro atoms. The molecular weight excluding hydrogens is 370 g/mol. The van der Waals surface area contributed by atoms with Gasteiger partial charge in [-0.1, -0.05) is 18.2 Å². The molecule has 0 atom stereocenters. The number of ether oxygens (including phenoxy) is 1. The first kappa shape index (κ1) is 18.6. The van der Waals surface area contributed by atoms with Gasteiger partial charge in [0.05, 0.1) is 17.7 Å². The van der Waals surface area contributed by atoms with Crippen LogP contribution in [0.1, 0.15) is 5.56 Å². The Labute approximate surface area is 157 Å². The fraction of sp³-hybridized carbons (Fsp3) is 0.0556. The Morgan fingerprint density at radius 1 is 1.14 bits per heavy atom. The lowest BCUT2D eigenvalue weighted by Gasteiger charge is -2.26. The number of hydrogen-bond acceptors (Lipinski definition) is 7. The maximum Gasteiger partial charge on any atom is 0.335 e. The molecule has 2 aromatic carbocycles. The molecule has 1 aliphatic heterocycles. The van der Waals surface area contributed by atoms with Crippen LogP contribution in [0.25, 0.3) is 6.08 Å². The summed E-state index contributed by atoms with van der Waals surface area (Å²) in [6.07, 6.45) is 1.05. The zero-order chi connectivity index (χ0) is 20.4. The van der Waals surface area contributed by atoms with Crippen LogP contribution in [0, 0.1) is 10.1 Å². The number of methoxy groups -OCH3 is 1. The van der Waals surface area contributed by atoms with Gasteiger partial charge in [0, 0.05) is 11.8 Å². The fourth-order valence-corrected chi connectivity index (χ4v) is 2.61. The van der Waals surface area contributed by atoms with Crippen LogP contribution in [0.3, 0.4) is 0 Å². The molecule has 1 fully saturated rings. The molecule has 142 valence electrons. The number of hydrogen-bond donors (Lipinski definition) is 1. The Kier molecular flexibility index (Phi) is 4.77. The minimum Gasteiger partial charge on any atom is -0.865 e. The first-order valence-electron chi connectivity index (χ1n) is 7.83. The summed E-state index contributed by atoms with van der Waals surface area (Å²) >= 11 is 0. The second kappa shape index (κ2) is 7.19. The third-order valence-electron chi connectivity index (χ3n) is 3.90. The Bertz CT molecular complexity index is 1030. The van der Waals surface area contributed by atoms with Crippen molar-refractivity contribution in [1.82, 2.24) is 5.32 Å². The highest BCUT2D eigenvalue weighted by atomic mass is 16.6. The maximum absolute atomic E-state index is 12.7. The molecule has 0 saturated carbocycles. The van der Waals surface area contributed by atoms with Crippen molar-refractivity contribution in [2.75, 3.05) is 12.0 Å². The number of benzene rings is 2. The number of nitro groups is 1. The van der Waals surface area contributed by atoms with E-state index < -0.39 is 39.8 Å². The van der Waals surface area contributed by atoms with Crippen LogP contribution in [0.5, 0.6) is 11.5 Å². The molecule has 2 aromatic rings. The van der Waals surface area contributed by atoms with Crippen LogP contribution in [0.2, 0.25) is 0 Å². The quantitative estimate of drug-likeness (QED) is 0.364. The summed E-state index contributed by atoms with van der Waals surface area (Å²) < 4.78 is 4.83. The Balaban J connectivity index is 2.09. The van der Waals surface area contributed by atoms with Crippen molar-refractivity contribution in [2.24, 2.45) is 0 Å². The SMILES string of the molecule is COc1cc(/C=C2\C(=O)NC(=O)N(c3ccccc3)C2=O)cc([N+](=O)[O-])c1[O-]. The molecule has 0 aromatic heterocycles. The lowest BCUT2D eigenvalue weighted by Crippen LogP contribution is -2.54. The molecule has 0 radical (unpaired) electrons. The first-order valence-corrected chi connectivity index (χ1v) is 7.83. The highest BCUT2D eigenvalue weighted by Gasteiger charge is 2.36. The molecule has 10 heteroatoms. The summed E-state index contributed by atoms with van der Waals surface area (Å²) in [7, 11) is 1.16. The van der Waals surface area contributed by atoms with Gasteiger partial charge in [-0.3, -0.25) is 25.0 Å². The van der Waals surface area contributed by atoms with Crippen molar-refractivity contribution in [3.8, 4) is 11.5 Å². The summed E-state index contributed by atoms with van der Waals surface area (Å²) in [4.78, 5) is 47.9. The van der Waals surface area contributed by atoms with Gasteiger partial charge in [0.1, 0.15) is 11.3 Å². The van der Waals surface area contributed by atoms with E-state index in [1.165, 1.54) is 12.1 Å². The maximum atomic E-state index is 12.7. The number of amides is 4. The Morgan fingerprint density at radius 3 is 2.43 bits per heavy atom. The molecule has 0 aliphatic carbocycles. The number of imide groups is 2. The van der Waals surface area contributed by atoms with Crippen LogP contribution < -0.4 is 20.1 Å². The van der Waals surface area contributed by atoms with Crippen LogP contribution >= 0.6 is 0 Å². The number of rotatable bonds is 4. The third-order valence-corrected chi connectivity index (χ3v) is 3.90. The van der Waals surface area contributed by atoms with Gasteiger partial charge in [0.15, 0.2) is 0 Å². The van der Waals surface area contributed by atoms with Crippen molar-refractivity contribution in [3.05, 3.63) is 63.7 Å². The number of anilines is 1. The van der Waals surface area contributed by atoms with Crippen molar-refractivity contribution >= 4 is 35.3 Å². The third kappa shape index (κ3) is 3.26. The normalized spacial score (nSPS) is 15.5. The van der Waals surface area contributed by atoms with Gasteiger partial charge in [-0.15, -0.1) is 0 Å². The van der Waals surface area contributed by atoms with Gasteiger partial charge in [0.2, 0.25) is 0 Å². The van der Waals surface area contributed by atoms with Crippen LogP contribution in [0.4, 0.5) is 16.2 Å². The number of nitrogens with one attached hydrogen (secondary N) is 1. The molecule has 28 heavy (non-hydrogen) atoms. The number of carbonyl (C=O) groups excluding carboxylic acids is 3. The first-order chi connectivity index (χ1) is 13.3. The van der Waals surface area contributed by atoms with Gasteiger partial charge >= 0.3 is 6.03 Å². The van der Waals surface area contributed by atoms with Crippen molar-refractivity contribution in [2.45, 2.75) is 0 Å². The largest absolute Gasteiger partial charge is 0.865 e. The lowest BCUT2D eigenvalue weighted by atomic mass is 10.1. The molecule has 1 aliphatic rings. The molecule has 1 heterocycles. The van der Waals surface area contributed by atoms with Crippen LogP contribution in [-0.2, 0) is 9.59 Å². The van der Waals surface area contributed by atoms with E-state index in [0.29, 0.717) is 0 Å².